The molecular formula is C10H18N3+. The van der Waals surface area contributed by atoms with E-state index in [0.717, 1.165) is 13.0 Å². The predicted molar refractivity (Wildman–Crippen MR) is 54.5 cm³/mol. The zero-order valence-corrected chi connectivity index (χ0v) is 8.59. The van der Waals surface area contributed by atoms with E-state index in [-0.39, 0.29) is 0 Å². The third-order valence-corrected chi connectivity index (χ3v) is 2.00. The van der Waals surface area contributed by atoms with Gasteiger partial charge in [-0.15, -0.1) is 0 Å². The molecule has 0 saturated heterocycles. The van der Waals surface area contributed by atoms with Crippen LogP contribution in [0.1, 0.15) is 19.5 Å². The minimum atomic E-state index is 1.02. The molecule has 3 heteroatoms. The third-order valence-electron chi connectivity index (χ3n) is 2.00. The number of nitrogens with zero attached hydrogens (tertiary/aromatic N) is 1. The molecule has 2 rings (SSSR count). The number of rotatable bonds is 0. The fourth-order valence-electron chi connectivity index (χ4n) is 1.41. The molecule has 1 aliphatic heterocycles. The quantitative estimate of drug-likeness (QED) is 0.646. The maximum absolute atomic E-state index is 3.25. The molecule has 0 aliphatic carbocycles. The first-order valence-electron chi connectivity index (χ1n) is 4.85. The Morgan fingerprint density at radius 2 is 2.23 bits per heavy atom. The van der Waals surface area contributed by atoms with Crippen LogP contribution in [0, 0.1) is 0 Å². The second kappa shape index (κ2) is 4.82. The highest BCUT2D eigenvalue weighted by atomic mass is 15.5. The van der Waals surface area contributed by atoms with Crippen molar-refractivity contribution < 1.29 is 4.98 Å². The van der Waals surface area contributed by atoms with E-state index in [1.807, 2.05) is 33.2 Å². The maximum atomic E-state index is 3.25. The van der Waals surface area contributed by atoms with Crippen LogP contribution in [-0.4, -0.2) is 13.6 Å². The summed E-state index contributed by atoms with van der Waals surface area (Å²) in [5, 5.41) is 2.05. The van der Waals surface area contributed by atoms with Gasteiger partial charge in [0, 0.05) is 26.1 Å². The van der Waals surface area contributed by atoms with E-state index in [1.165, 1.54) is 11.4 Å². The molecular weight excluding hydrogens is 162 g/mol. The van der Waals surface area contributed by atoms with Gasteiger partial charge in [-0.3, -0.25) is 0 Å². The van der Waals surface area contributed by atoms with E-state index in [9.17, 15) is 0 Å². The van der Waals surface area contributed by atoms with Gasteiger partial charge >= 0.3 is 0 Å². The van der Waals surface area contributed by atoms with Crippen LogP contribution in [0.5, 0.6) is 0 Å². The number of nitrogens with one attached hydrogen (secondary N) is 2. The van der Waals surface area contributed by atoms with Crippen LogP contribution in [0.4, 0.5) is 5.69 Å². The average Bonchev–Trinajstić information content (AvgIpc) is 2.22. The van der Waals surface area contributed by atoms with Crippen molar-refractivity contribution in [3.8, 4) is 0 Å². The van der Waals surface area contributed by atoms with Gasteiger partial charge in [-0.05, 0) is 6.07 Å². The number of fused-ring (bicyclic) bond motifs is 1. The number of anilines is 1. The summed E-state index contributed by atoms with van der Waals surface area (Å²) in [5.41, 5.74) is 5.81. The average molecular weight is 180 g/mol. The van der Waals surface area contributed by atoms with Crippen LogP contribution >= 0.6 is 0 Å². The van der Waals surface area contributed by atoms with Crippen molar-refractivity contribution in [1.82, 2.24) is 5.43 Å². The molecule has 0 spiro atoms. The first kappa shape index (κ1) is 9.99. The van der Waals surface area contributed by atoms with Crippen molar-refractivity contribution in [3.63, 3.8) is 0 Å². The van der Waals surface area contributed by atoms with Crippen molar-refractivity contribution >= 4 is 5.69 Å². The molecule has 1 aromatic heterocycles. The molecule has 2 N–H and O–H groups in total. The van der Waals surface area contributed by atoms with Crippen molar-refractivity contribution in [2.45, 2.75) is 20.3 Å². The Labute approximate surface area is 79.8 Å². The Kier molecular flexibility index (Phi) is 3.71. The number of hydrogen-bond acceptors (Lipinski definition) is 2. The molecule has 2 heterocycles. The molecule has 1 aliphatic rings. The fraction of sp³-hybridized carbons (Fsp3) is 0.500. The van der Waals surface area contributed by atoms with Crippen LogP contribution in [0.25, 0.3) is 0 Å². The van der Waals surface area contributed by atoms with E-state index in [4.69, 9.17) is 0 Å². The summed E-state index contributed by atoms with van der Waals surface area (Å²) < 4.78 is 0. The van der Waals surface area contributed by atoms with E-state index in [2.05, 4.69) is 21.5 Å². The molecule has 0 saturated carbocycles. The van der Waals surface area contributed by atoms with Crippen LogP contribution < -0.4 is 15.4 Å². The Balaban J connectivity index is 0.000000396. The summed E-state index contributed by atoms with van der Waals surface area (Å²) in [6.07, 6.45) is 3.05. The number of aromatic nitrogens is 1. The summed E-state index contributed by atoms with van der Waals surface area (Å²) >= 11 is 0. The standard InChI is InChI=1S/C8H11N3.C2H6/c1-11-8-3-2-5-9-7(8)4-6-10-11;1-2/h2-3,5,10H,4,6H2,1H3;1-2H3/p+1. The van der Waals surface area contributed by atoms with Crippen molar-refractivity contribution in [2.75, 3.05) is 18.6 Å². The van der Waals surface area contributed by atoms with Crippen molar-refractivity contribution in [1.29, 1.82) is 0 Å². The van der Waals surface area contributed by atoms with Crippen molar-refractivity contribution in [2.24, 2.45) is 0 Å². The van der Waals surface area contributed by atoms with E-state index < -0.39 is 0 Å². The Morgan fingerprint density at radius 1 is 1.46 bits per heavy atom. The summed E-state index contributed by atoms with van der Waals surface area (Å²) in [6.45, 7) is 5.02. The fourth-order valence-corrected chi connectivity index (χ4v) is 1.41. The summed E-state index contributed by atoms with van der Waals surface area (Å²) in [6, 6.07) is 4.13. The Hall–Kier alpha value is -1.09. The van der Waals surface area contributed by atoms with Gasteiger partial charge in [-0.1, -0.05) is 13.8 Å². The zero-order chi connectivity index (χ0) is 9.68. The first-order chi connectivity index (χ1) is 6.38. The molecule has 3 nitrogen and oxygen atoms in total. The van der Waals surface area contributed by atoms with Gasteiger partial charge in [-0.2, -0.15) is 0 Å². The minimum Gasteiger partial charge on any atom is -0.306 e. The van der Waals surface area contributed by atoms with E-state index >= 15 is 0 Å². The highest BCUT2D eigenvalue weighted by Crippen LogP contribution is 2.15. The molecule has 0 atom stereocenters. The monoisotopic (exact) mass is 180 g/mol. The maximum Gasteiger partial charge on any atom is 0.205 e. The second-order valence-electron chi connectivity index (χ2n) is 2.75. The third kappa shape index (κ3) is 2.18. The second-order valence-corrected chi connectivity index (χ2v) is 2.75. The highest BCUT2D eigenvalue weighted by Gasteiger charge is 2.16. The smallest absolute Gasteiger partial charge is 0.205 e. The lowest BCUT2D eigenvalue weighted by molar-refractivity contribution is -0.389. The van der Waals surface area contributed by atoms with Gasteiger partial charge in [0.25, 0.3) is 0 Å². The normalized spacial score (nSPS) is 14.2. The lowest BCUT2D eigenvalue weighted by atomic mass is 10.2. The van der Waals surface area contributed by atoms with Crippen LogP contribution in [0.15, 0.2) is 18.3 Å². The van der Waals surface area contributed by atoms with Gasteiger partial charge < -0.3 is 5.01 Å². The van der Waals surface area contributed by atoms with Gasteiger partial charge in [0.1, 0.15) is 5.69 Å². The Morgan fingerprint density at radius 3 is 2.92 bits per heavy atom. The SMILES string of the molecule is CC.CN1NCCc2[nH+]cccc21. The lowest BCUT2D eigenvalue weighted by Crippen LogP contribution is -2.42. The first-order valence-corrected chi connectivity index (χ1v) is 4.85. The number of pyridine rings is 1. The molecule has 13 heavy (non-hydrogen) atoms. The molecule has 0 fully saturated rings. The van der Waals surface area contributed by atoms with Gasteiger partial charge in [-0.25, -0.2) is 10.4 Å². The molecule has 0 bridgehead atoms. The zero-order valence-electron chi connectivity index (χ0n) is 8.59. The summed E-state index contributed by atoms with van der Waals surface area (Å²) in [5.74, 6) is 0. The minimum absolute atomic E-state index is 1.02. The van der Waals surface area contributed by atoms with Gasteiger partial charge in [0.05, 0.1) is 0 Å². The molecule has 72 valence electrons. The van der Waals surface area contributed by atoms with E-state index in [1.54, 1.807) is 0 Å². The van der Waals surface area contributed by atoms with Crippen molar-refractivity contribution in [3.05, 3.63) is 24.0 Å². The van der Waals surface area contributed by atoms with Gasteiger partial charge in [0.2, 0.25) is 5.69 Å². The van der Waals surface area contributed by atoms with Crippen LogP contribution in [0.3, 0.4) is 0 Å². The van der Waals surface area contributed by atoms with Gasteiger partial charge in [0.15, 0.2) is 6.20 Å². The number of aromatic amines is 1. The number of H-pyrrole nitrogens is 1. The molecule has 0 aromatic carbocycles. The van der Waals surface area contributed by atoms with Crippen LogP contribution in [0.2, 0.25) is 0 Å². The topological polar surface area (TPSA) is 29.4 Å². The Bertz CT molecular complexity index is 260. The highest BCUT2D eigenvalue weighted by molar-refractivity contribution is 5.47. The number of hydrogen-bond donors (Lipinski definition) is 1. The van der Waals surface area contributed by atoms with E-state index in [0.29, 0.717) is 0 Å². The predicted octanol–water partition coefficient (Wildman–Crippen LogP) is 1.02. The summed E-state index contributed by atoms with van der Waals surface area (Å²) in [7, 11) is 2.03. The molecule has 1 aromatic rings. The summed E-state index contributed by atoms with van der Waals surface area (Å²) in [4.78, 5) is 3.24. The molecule has 0 unspecified atom stereocenters. The molecule has 0 radical (unpaired) electrons. The number of hydrazine groups is 1. The lowest BCUT2D eigenvalue weighted by Gasteiger charge is -2.24. The molecule has 0 amide bonds. The van der Waals surface area contributed by atoms with Crippen LogP contribution in [-0.2, 0) is 6.42 Å². The largest absolute Gasteiger partial charge is 0.306 e.